The van der Waals surface area contributed by atoms with E-state index in [0.29, 0.717) is 24.8 Å². The van der Waals surface area contributed by atoms with Gasteiger partial charge in [0.05, 0.1) is 30.2 Å². The van der Waals surface area contributed by atoms with Crippen LogP contribution in [0.3, 0.4) is 0 Å². The third-order valence-corrected chi connectivity index (χ3v) is 18.6. The third kappa shape index (κ3) is 20.7. The number of hydrogen-bond donors (Lipinski definition) is 4. The van der Waals surface area contributed by atoms with Gasteiger partial charge in [0, 0.05) is 61.8 Å². The Bertz CT molecular complexity index is 2720. The summed E-state index contributed by atoms with van der Waals surface area (Å²) in [5, 5.41) is 10.8. The molecule has 11 amide bonds. The van der Waals surface area contributed by atoms with Crippen molar-refractivity contribution in [3.05, 3.63) is 34.3 Å². The average molecular weight is 1290 g/mol. The molecule has 3 aliphatic rings. The van der Waals surface area contributed by atoms with E-state index in [9.17, 15) is 51.5 Å². The van der Waals surface area contributed by atoms with Gasteiger partial charge in [-0.1, -0.05) is 111 Å². The van der Waals surface area contributed by atoms with Gasteiger partial charge in [0.1, 0.15) is 41.8 Å². The second kappa shape index (κ2) is 33.7. The van der Waals surface area contributed by atoms with Crippen LogP contribution < -0.4 is 21.3 Å². The minimum Gasteiger partial charge on any atom is -0.351 e. The summed E-state index contributed by atoms with van der Waals surface area (Å²) in [6.45, 7) is 12.5. The molecule has 8 atom stereocenters. The van der Waals surface area contributed by atoms with Crippen LogP contribution in [0.1, 0.15) is 163 Å². The molecular weight excluding hydrogens is 1190 g/mol. The van der Waals surface area contributed by atoms with E-state index < -0.39 is 155 Å². The highest BCUT2D eigenvalue weighted by Gasteiger charge is 2.48. The zero-order valence-electron chi connectivity index (χ0n) is 55.7. The van der Waals surface area contributed by atoms with Crippen LogP contribution in [-0.2, 0) is 65.3 Å². The quantitative estimate of drug-likeness (QED) is 0.218. The molecule has 1 aliphatic heterocycles. The van der Waals surface area contributed by atoms with Crippen LogP contribution in [-0.4, -0.2) is 216 Å². The Balaban J connectivity index is 1.82. The van der Waals surface area contributed by atoms with Crippen LogP contribution in [0.4, 0.5) is 13.2 Å². The van der Waals surface area contributed by atoms with E-state index in [4.69, 9.17) is 11.6 Å². The first-order chi connectivity index (χ1) is 41.9. The van der Waals surface area contributed by atoms with Crippen molar-refractivity contribution in [2.24, 2.45) is 23.7 Å². The molecular formula is C64H101ClF3N11O11. The molecule has 506 valence electrons. The molecule has 0 radical (unpaired) electrons. The van der Waals surface area contributed by atoms with E-state index in [-0.39, 0.29) is 69.1 Å². The molecule has 2 aliphatic carbocycles. The van der Waals surface area contributed by atoms with E-state index in [1.54, 1.807) is 13.8 Å². The van der Waals surface area contributed by atoms with E-state index >= 15 is 14.4 Å². The number of rotatable bonds is 11. The summed E-state index contributed by atoms with van der Waals surface area (Å²) in [5.74, 6) is -7.84. The fourth-order valence-electron chi connectivity index (χ4n) is 12.2. The molecule has 0 aromatic heterocycles. The number of alkyl halides is 3. The molecule has 1 unspecified atom stereocenters. The predicted octanol–water partition coefficient (Wildman–Crippen LogP) is 5.41. The molecule has 1 saturated heterocycles. The number of halogens is 4. The standard InChI is InChI=1S/C64H101ClF3N11O11/c1-16-40(6)55-61(89)75(11)36-53(82)73(9)37-54(83)77(13)50(34-43-22-18-17-19-23-43)60(88)74(10)35-51(80)70-47(27-25-44-24-26-45(46(65)33-44)64(66,67)68)59(87)78(14)49(31-39(4)5)58(86)72-63(28-20-21-29-63)62(90)79(15)48(30-38(2)3)57(85)69-41(7)32-52(81)76(12)42(8)56(84)71-55/h24,26,33,38-43,47-50,55H,16-23,25,27-32,34-37H2,1-15H3,(H,69,85)(H,70,80)(H,71,84)(H,72,86)/t40?,41-,42+,47+,48+,49+,50+,55+/m1/s1. The number of carbonyl (C=O) groups is 11. The van der Waals surface area contributed by atoms with Crippen molar-refractivity contribution < 1.29 is 65.9 Å². The lowest BCUT2D eigenvalue weighted by molar-refractivity contribution is -0.149. The zero-order chi connectivity index (χ0) is 67.9. The van der Waals surface area contributed by atoms with Crippen LogP contribution in [0, 0.1) is 23.7 Å². The normalized spacial score (nSPS) is 25.7. The molecule has 0 bridgehead atoms. The summed E-state index contributed by atoms with van der Waals surface area (Å²) in [5.41, 5.74) is -2.30. The predicted molar refractivity (Wildman–Crippen MR) is 335 cm³/mol. The Morgan fingerprint density at radius 3 is 1.73 bits per heavy atom. The minimum atomic E-state index is -4.75. The number of carbonyl (C=O) groups excluding carboxylic acids is 11. The molecule has 1 aromatic carbocycles. The highest BCUT2D eigenvalue weighted by Crippen LogP contribution is 2.36. The summed E-state index contributed by atoms with van der Waals surface area (Å²) < 4.78 is 41.4. The third-order valence-electron chi connectivity index (χ3n) is 18.3. The van der Waals surface area contributed by atoms with E-state index in [2.05, 4.69) is 21.3 Å². The lowest BCUT2D eigenvalue weighted by Gasteiger charge is -2.39. The van der Waals surface area contributed by atoms with Crippen LogP contribution in [0.2, 0.25) is 5.02 Å². The highest BCUT2D eigenvalue weighted by molar-refractivity contribution is 6.31. The molecule has 4 rings (SSSR count). The topological polar surface area (TPSA) is 259 Å². The lowest BCUT2D eigenvalue weighted by Crippen LogP contribution is -2.64. The Labute approximate surface area is 535 Å². The largest absolute Gasteiger partial charge is 0.417 e. The van der Waals surface area contributed by atoms with Crippen molar-refractivity contribution in [2.75, 3.05) is 69.0 Å². The van der Waals surface area contributed by atoms with E-state index in [0.717, 1.165) is 58.9 Å². The van der Waals surface area contributed by atoms with Gasteiger partial charge in [-0.3, -0.25) is 52.7 Å². The molecule has 1 heterocycles. The second-order valence-corrected chi connectivity index (χ2v) is 26.9. The first-order valence-electron chi connectivity index (χ1n) is 31.8. The molecule has 2 saturated carbocycles. The fourth-order valence-corrected chi connectivity index (χ4v) is 12.5. The Morgan fingerprint density at radius 1 is 0.611 bits per heavy atom. The van der Waals surface area contributed by atoms with E-state index in [1.165, 1.54) is 81.9 Å². The SMILES string of the molecule is CCC(C)[C@@H]1NC(=O)[C@H](C)N(C)C(=O)C[C@@H](C)NC(=O)[C@H](CC(C)C)N(C)C(=O)C2(CCCC2)NC(=O)[C@H](CC(C)C)N(C)C(=O)[C@H](CCc2ccc(C(F)(F)F)c(Cl)c2)NC(=O)CN(C)C(=O)[C@H](CC2CCCCC2)N(C)C(=O)CN(C)C(=O)CN(C)C1=O. The van der Waals surface area contributed by atoms with Gasteiger partial charge in [0.2, 0.25) is 65.0 Å². The zero-order valence-corrected chi connectivity index (χ0v) is 56.4. The summed E-state index contributed by atoms with van der Waals surface area (Å²) >= 11 is 6.12. The maximum Gasteiger partial charge on any atom is 0.417 e. The van der Waals surface area contributed by atoms with Gasteiger partial charge in [-0.05, 0) is 100 Å². The Morgan fingerprint density at radius 2 is 1.18 bits per heavy atom. The number of hydrogen-bond acceptors (Lipinski definition) is 11. The van der Waals surface area contributed by atoms with Gasteiger partial charge in [0.15, 0.2) is 0 Å². The molecule has 4 N–H and O–H groups in total. The van der Waals surface area contributed by atoms with Crippen LogP contribution in [0.5, 0.6) is 0 Å². The minimum absolute atomic E-state index is 0.0275. The summed E-state index contributed by atoms with van der Waals surface area (Å²) in [4.78, 5) is 167. The van der Waals surface area contributed by atoms with Gasteiger partial charge in [0.25, 0.3) is 0 Å². The van der Waals surface area contributed by atoms with Crippen molar-refractivity contribution in [3.8, 4) is 0 Å². The average Bonchev–Trinajstić information content (AvgIpc) is 1.59. The Kier molecular flexibility index (Phi) is 28.4. The lowest BCUT2D eigenvalue weighted by atomic mass is 9.84. The van der Waals surface area contributed by atoms with Crippen molar-refractivity contribution in [3.63, 3.8) is 0 Å². The summed E-state index contributed by atoms with van der Waals surface area (Å²) in [7, 11) is 9.83. The number of aryl methyl sites for hydroxylation is 1. The molecule has 1 aromatic rings. The molecule has 26 heteroatoms. The number of likely N-dealkylation sites (N-methyl/N-ethyl adjacent to an activating group) is 7. The van der Waals surface area contributed by atoms with Crippen LogP contribution in [0.25, 0.3) is 0 Å². The summed E-state index contributed by atoms with van der Waals surface area (Å²) in [6, 6.07) is -4.82. The number of benzene rings is 1. The van der Waals surface area contributed by atoms with Gasteiger partial charge < -0.3 is 55.6 Å². The first-order valence-corrected chi connectivity index (χ1v) is 32.2. The van der Waals surface area contributed by atoms with Crippen molar-refractivity contribution >= 4 is 76.6 Å². The number of amides is 11. The van der Waals surface area contributed by atoms with Crippen molar-refractivity contribution in [1.29, 1.82) is 0 Å². The fraction of sp³-hybridized carbons (Fsp3) is 0.734. The maximum atomic E-state index is 15.1. The summed E-state index contributed by atoms with van der Waals surface area (Å²) in [6.07, 6.45) is 1.42. The first kappa shape index (κ1) is 75.9. The van der Waals surface area contributed by atoms with Crippen molar-refractivity contribution in [1.82, 2.24) is 55.6 Å². The number of nitrogens with zero attached hydrogens (tertiary/aromatic N) is 7. The van der Waals surface area contributed by atoms with Crippen molar-refractivity contribution in [2.45, 2.75) is 212 Å². The van der Waals surface area contributed by atoms with Gasteiger partial charge in [-0.2, -0.15) is 13.2 Å². The number of nitrogens with one attached hydrogen (secondary N) is 4. The second-order valence-electron chi connectivity index (χ2n) is 26.5. The highest BCUT2D eigenvalue weighted by atomic mass is 35.5. The monoisotopic (exact) mass is 1290 g/mol. The van der Waals surface area contributed by atoms with Crippen LogP contribution >= 0.6 is 11.6 Å². The molecule has 90 heavy (non-hydrogen) atoms. The molecule has 3 fully saturated rings. The van der Waals surface area contributed by atoms with E-state index in [1.807, 2.05) is 34.6 Å². The molecule has 1 spiro atoms. The van der Waals surface area contributed by atoms with Gasteiger partial charge in [-0.25, -0.2) is 0 Å². The van der Waals surface area contributed by atoms with Crippen LogP contribution in [0.15, 0.2) is 18.2 Å². The maximum absolute atomic E-state index is 15.1. The molecule has 22 nitrogen and oxygen atoms in total. The van der Waals surface area contributed by atoms with Gasteiger partial charge in [-0.15, -0.1) is 0 Å². The smallest absolute Gasteiger partial charge is 0.351 e. The Hall–Kier alpha value is -6.53. The van der Waals surface area contributed by atoms with Gasteiger partial charge >= 0.3 is 6.18 Å².